The summed E-state index contributed by atoms with van der Waals surface area (Å²) in [6, 6.07) is 0. The zero-order valence-corrected chi connectivity index (χ0v) is 26.0. The molecule has 4 saturated carbocycles. The van der Waals surface area contributed by atoms with Gasteiger partial charge >= 0.3 is 5.97 Å². The SMILES string of the molecule is C=C1C[C@@]23CCC4[C@](C)(C(=O)OC5OC(CO)C(O)C(O)C5O)CCC[C@@]4(C)[C@@H]2CC[C@]1(OC1OC(CO)C(O)C(O)C1O)C3. The summed E-state index contributed by atoms with van der Waals surface area (Å²) in [5, 5.41) is 81.4. The first-order valence-electron chi connectivity index (χ1n) is 16.3. The fourth-order valence-electron chi connectivity index (χ4n) is 10.5. The predicted octanol–water partition coefficient (Wildman–Crippen LogP) is -0.762. The van der Waals surface area contributed by atoms with E-state index >= 15 is 0 Å². The van der Waals surface area contributed by atoms with Gasteiger partial charge in [-0.05, 0) is 86.5 Å². The highest BCUT2D eigenvalue weighted by molar-refractivity contribution is 5.77. The molecule has 4 aliphatic carbocycles. The Bertz CT molecular complexity index is 1150. The molecule has 0 aromatic heterocycles. The molecule has 6 fully saturated rings. The van der Waals surface area contributed by atoms with Gasteiger partial charge in [0.2, 0.25) is 6.29 Å². The number of ether oxygens (including phenoxy) is 4. The number of rotatable bonds is 6. The molecule has 11 unspecified atom stereocenters. The van der Waals surface area contributed by atoms with Gasteiger partial charge in [-0.25, -0.2) is 0 Å². The van der Waals surface area contributed by atoms with E-state index in [1.165, 1.54) is 0 Å². The van der Waals surface area contributed by atoms with Crippen molar-refractivity contribution in [1.82, 2.24) is 0 Å². The van der Waals surface area contributed by atoms with E-state index in [9.17, 15) is 45.6 Å². The van der Waals surface area contributed by atoms with Gasteiger partial charge in [-0.1, -0.05) is 19.9 Å². The minimum absolute atomic E-state index is 0.0421. The van der Waals surface area contributed by atoms with Gasteiger partial charge in [0.25, 0.3) is 0 Å². The third-order valence-electron chi connectivity index (χ3n) is 12.9. The highest BCUT2D eigenvalue weighted by Gasteiger charge is 2.69. The average molecular weight is 643 g/mol. The Morgan fingerprint density at radius 3 is 2.00 bits per heavy atom. The summed E-state index contributed by atoms with van der Waals surface area (Å²) in [6.07, 6.45) is -7.82. The monoisotopic (exact) mass is 642 g/mol. The van der Waals surface area contributed by atoms with Crippen LogP contribution in [0.5, 0.6) is 0 Å². The van der Waals surface area contributed by atoms with Gasteiger partial charge in [-0.2, -0.15) is 0 Å². The molecule has 0 aromatic carbocycles. The maximum atomic E-state index is 13.9. The van der Waals surface area contributed by atoms with Gasteiger partial charge in [0.15, 0.2) is 6.29 Å². The van der Waals surface area contributed by atoms with Crippen LogP contribution in [-0.2, 0) is 23.7 Å². The average Bonchev–Trinajstić information content (AvgIpc) is 3.20. The lowest BCUT2D eigenvalue weighted by Crippen LogP contribution is -2.63. The fraction of sp³-hybridized carbons (Fsp3) is 0.906. The first kappa shape index (κ1) is 33.7. The minimum Gasteiger partial charge on any atom is -0.432 e. The number of carbonyl (C=O) groups is 1. The minimum atomic E-state index is -1.67. The Kier molecular flexibility index (Phi) is 8.77. The smallest absolute Gasteiger partial charge is 0.314 e. The van der Waals surface area contributed by atoms with Crippen molar-refractivity contribution < 1.29 is 64.6 Å². The normalized spacial score (nSPS) is 54.7. The van der Waals surface area contributed by atoms with E-state index in [0.717, 1.165) is 37.7 Å². The largest absolute Gasteiger partial charge is 0.432 e. The number of fused-ring (bicyclic) bond motifs is 3. The van der Waals surface area contributed by atoms with Crippen LogP contribution < -0.4 is 0 Å². The summed E-state index contributed by atoms with van der Waals surface area (Å²) in [7, 11) is 0. The Balaban J connectivity index is 1.20. The number of aliphatic hydroxyl groups excluding tert-OH is 8. The number of hydrogen-bond acceptors (Lipinski definition) is 13. The molecule has 6 aliphatic rings. The lowest BCUT2D eigenvalue weighted by molar-refractivity contribution is -0.327. The van der Waals surface area contributed by atoms with E-state index in [2.05, 4.69) is 13.5 Å². The molecular weight excluding hydrogens is 592 g/mol. The van der Waals surface area contributed by atoms with E-state index in [0.29, 0.717) is 25.7 Å². The Hall–Kier alpha value is -1.23. The second-order valence-corrected chi connectivity index (χ2v) is 15.2. The maximum absolute atomic E-state index is 13.9. The molecule has 2 saturated heterocycles. The van der Waals surface area contributed by atoms with Crippen molar-refractivity contribution in [1.29, 1.82) is 0 Å². The van der Waals surface area contributed by atoms with Gasteiger partial charge < -0.3 is 59.8 Å². The van der Waals surface area contributed by atoms with Crippen LogP contribution >= 0.6 is 0 Å². The molecule has 256 valence electrons. The molecule has 2 aliphatic heterocycles. The molecule has 13 heteroatoms. The molecule has 8 N–H and O–H groups in total. The number of carbonyl (C=O) groups excluding carboxylic acids is 1. The third kappa shape index (κ3) is 5.04. The first-order chi connectivity index (χ1) is 21.2. The Labute approximate surface area is 262 Å². The van der Waals surface area contributed by atoms with Gasteiger partial charge in [0.1, 0.15) is 48.8 Å². The van der Waals surface area contributed by atoms with Crippen LogP contribution in [-0.4, -0.2) is 127 Å². The van der Waals surface area contributed by atoms with Gasteiger partial charge in [0.05, 0.1) is 24.2 Å². The molecule has 2 heterocycles. The van der Waals surface area contributed by atoms with Crippen LogP contribution in [0.2, 0.25) is 0 Å². The van der Waals surface area contributed by atoms with Gasteiger partial charge in [-0.15, -0.1) is 0 Å². The first-order valence-corrected chi connectivity index (χ1v) is 16.3. The van der Waals surface area contributed by atoms with Gasteiger partial charge in [-0.3, -0.25) is 4.79 Å². The van der Waals surface area contributed by atoms with Crippen molar-refractivity contribution in [2.75, 3.05) is 13.2 Å². The number of esters is 1. The molecule has 0 radical (unpaired) electrons. The van der Waals surface area contributed by atoms with E-state index in [-0.39, 0.29) is 22.7 Å². The van der Waals surface area contributed by atoms with Crippen molar-refractivity contribution in [3.05, 3.63) is 12.2 Å². The van der Waals surface area contributed by atoms with Crippen molar-refractivity contribution in [3.8, 4) is 0 Å². The van der Waals surface area contributed by atoms with Crippen molar-refractivity contribution in [2.45, 2.75) is 139 Å². The standard InChI is InChI=1S/C32H50O13/c1-15-11-31-9-5-18-29(2,7-4-8-30(18,3)28(41)44-26-24(39)22(37)20(35)16(12-33)42-26)19(31)6-10-32(15,14-31)45-27-25(40)23(38)21(36)17(13-34)43-27/h16-27,33-40H,1,4-14H2,2-3H3/t16?,17?,18?,19-,20?,21?,22?,23?,24?,25?,26?,27?,29+,30+,31+,32-/m0/s1. The van der Waals surface area contributed by atoms with Crippen molar-refractivity contribution >= 4 is 5.97 Å². The summed E-state index contributed by atoms with van der Waals surface area (Å²) in [5.41, 5.74) is -1.20. The van der Waals surface area contributed by atoms with Crippen molar-refractivity contribution in [3.63, 3.8) is 0 Å². The van der Waals surface area contributed by atoms with Crippen LogP contribution in [0.25, 0.3) is 0 Å². The molecule has 6 rings (SSSR count). The van der Waals surface area contributed by atoms with Crippen LogP contribution in [0, 0.1) is 28.1 Å². The third-order valence-corrected chi connectivity index (χ3v) is 12.9. The van der Waals surface area contributed by atoms with Crippen molar-refractivity contribution in [2.24, 2.45) is 28.1 Å². The summed E-state index contributed by atoms with van der Waals surface area (Å²) >= 11 is 0. The maximum Gasteiger partial charge on any atom is 0.314 e. The highest BCUT2D eigenvalue weighted by atomic mass is 16.7. The second kappa shape index (κ2) is 11.7. The van der Waals surface area contributed by atoms with Crippen LogP contribution in [0.4, 0.5) is 0 Å². The quantitative estimate of drug-likeness (QED) is 0.102. The topological polar surface area (TPSA) is 216 Å². The molecule has 45 heavy (non-hydrogen) atoms. The van der Waals surface area contributed by atoms with Crippen LogP contribution in [0.15, 0.2) is 12.2 Å². The zero-order valence-electron chi connectivity index (χ0n) is 26.0. The Morgan fingerprint density at radius 1 is 0.800 bits per heavy atom. The predicted molar refractivity (Wildman–Crippen MR) is 154 cm³/mol. The lowest BCUT2D eigenvalue weighted by atomic mass is 9.41. The zero-order chi connectivity index (χ0) is 32.7. The van der Waals surface area contributed by atoms with E-state index in [4.69, 9.17) is 18.9 Å². The molecule has 2 bridgehead atoms. The molecule has 1 spiro atoms. The lowest BCUT2D eigenvalue weighted by Gasteiger charge is -2.64. The van der Waals surface area contributed by atoms with E-state index in [1.54, 1.807) is 0 Å². The second-order valence-electron chi connectivity index (χ2n) is 15.2. The number of aliphatic hydroxyl groups is 8. The fourth-order valence-corrected chi connectivity index (χ4v) is 10.5. The molecule has 16 atom stereocenters. The van der Waals surface area contributed by atoms with E-state index < -0.39 is 91.6 Å². The molecule has 0 amide bonds. The van der Waals surface area contributed by atoms with Gasteiger partial charge in [0, 0.05) is 0 Å². The Morgan fingerprint density at radius 2 is 1.38 bits per heavy atom. The van der Waals surface area contributed by atoms with Crippen LogP contribution in [0.3, 0.4) is 0 Å². The highest BCUT2D eigenvalue weighted by Crippen LogP contribution is 2.73. The van der Waals surface area contributed by atoms with Crippen LogP contribution in [0.1, 0.15) is 71.6 Å². The molecular formula is C32H50O13. The molecule has 13 nitrogen and oxygen atoms in total. The summed E-state index contributed by atoms with van der Waals surface area (Å²) < 4.78 is 23.4. The summed E-state index contributed by atoms with van der Waals surface area (Å²) in [5.74, 6) is -0.348. The summed E-state index contributed by atoms with van der Waals surface area (Å²) in [4.78, 5) is 13.9. The van der Waals surface area contributed by atoms with E-state index in [1.807, 2.05) is 6.92 Å². The number of hydrogen-bond donors (Lipinski definition) is 8. The molecule has 0 aromatic rings. The summed E-state index contributed by atoms with van der Waals surface area (Å²) in [6.45, 7) is 7.41.